The van der Waals surface area contributed by atoms with Crippen molar-refractivity contribution in [3.05, 3.63) is 17.5 Å². The van der Waals surface area contributed by atoms with Gasteiger partial charge in [0.1, 0.15) is 5.76 Å². The van der Waals surface area contributed by atoms with Crippen LogP contribution in [0.4, 0.5) is 0 Å². The van der Waals surface area contributed by atoms with Crippen molar-refractivity contribution in [2.24, 2.45) is 0 Å². The van der Waals surface area contributed by atoms with E-state index in [1.807, 2.05) is 0 Å². The fraction of sp³-hybridized carbons (Fsp3) is 0.765. The smallest absolute Gasteiger partial charge is 0.273 e. The molecule has 0 aliphatic heterocycles. The topological polar surface area (TPSA) is 79.2 Å². The van der Waals surface area contributed by atoms with E-state index in [2.05, 4.69) is 21.1 Å². The van der Waals surface area contributed by atoms with Crippen molar-refractivity contribution in [3.8, 4) is 0 Å². The number of carbonyl (C=O) groups excluding carboxylic acids is 1. The molecule has 1 aliphatic rings. The van der Waals surface area contributed by atoms with Crippen molar-refractivity contribution in [2.75, 3.05) is 26.2 Å². The van der Waals surface area contributed by atoms with Crippen molar-refractivity contribution < 1.29 is 9.32 Å². The molecule has 1 aromatic rings. The summed E-state index contributed by atoms with van der Waals surface area (Å²) in [5, 5.41) is 13.6. The minimum absolute atomic E-state index is 0.161. The van der Waals surface area contributed by atoms with Gasteiger partial charge >= 0.3 is 0 Å². The van der Waals surface area contributed by atoms with E-state index in [0.717, 1.165) is 38.5 Å². The lowest BCUT2D eigenvalue weighted by molar-refractivity contribution is 0.0944. The molecule has 0 spiro atoms. The van der Waals surface area contributed by atoms with Gasteiger partial charge in [-0.25, -0.2) is 0 Å². The molecular formula is C17H30N4O2. The highest BCUT2D eigenvalue weighted by molar-refractivity contribution is 5.92. The van der Waals surface area contributed by atoms with Crippen LogP contribution in [0.3, 0.4) is 0 Å². The van der Waals surface area contributed by atoms with E-state index >= 15 is 0 Å². The van der Waals surface area contributed by atoms with E-state index in [0.29, 0.717) is 18.0 Å². The molecule has 0 saturated heterocycles. The molecule has 1 saturated carbocycles. The first-order chi connectivity index (χ1) is 11.3. The van der Waals surface area contributed by atoms with E-state index in [1.165, 1.54) is 32.1 Å². The van der Waals surface area contributed by atoms with E-state index in [4.69, 9.17) is 4.52 Å². The number of unbranched alkanes of at least 4 members (excludes halogenated alkanes) is 1. The first kappa shape index (κ1) is 17.9. The molecular weight excluding hydrogens is 292 g/mol. The standard InChI is InChI=1S/C17H30N4O2/c1-14-13-16(21-23-14)17(22)20-10-6-5-9-18-11-12-19-15-7-3-2-4-8-15/h13,15,18-19H,2-12H2,1H3,(H,20,22). The van der Waals surface area contributed by atoms with Crippen LogP contribution in [0.1, 0.15) is 61.2 Å². The third kappa shape index (κ3) is 7.14. The Kier molecular flexibility index (Phi) is 8.11. The van der Waals surface area contributed by atoms with Crippen molar-refractivity contribution in [3.63, 3.8) is 0 Å². The molecule has 2 rings (SSSR count). The number of aromatic nitrogens is 1. The van der Waals surface area contributed by atoms with Gasteiger partial charge < -0.3 is 20.5 Å². The first-order valence-electron chi connectivity index (χ1n) is 8.91. The largest absolute Gasteiger partial charge is 0.361 e. The number of amides is 1. The molecule has 1 aromatic heterocycles. The van der Waals surface area contributed by atoms with Gasteiger partial charge in [-0.2, -0.15) is 0 Å². The number of nitrogens with zero attached hydrogens (tertiary/aromatic N) is 1. The zero-order valence-corrected chi connectivity index (χ0v) is 14.2. The first-order valence-corrected chi connectivity index (χ1v) is 8.91. The minimum atomic E-state index is -0.161. The Morgan fingerprint density at radius 1 is 1.17 bits per heavy atom. The van der Waals surface area contributed by atoms with Crippen LogP contribution < -0.4 is 16.0 Å². The van der Waals surface area contributed by atoms with Gasteiger partial charge in [0.25, 0.3) is 5.91 Å². The maximum absolute atomic E-state index is 11.7. The number of hydrogen-bond donors (Lipinski definition) is 3. The third-order valence-corrected chi connectivity index (χ3v) is 4.27. The molecule has 130 valence electrons. The van der Waals surface area contributed by atoms with E-state index in [1.54, 1.807) is 13.0 Å². The molecule has 0 radical (unpaired) electrons. The summed E-state index contributed by atoms with van der Waals surface area (Å²) in [6, 6.07) is 2.39. The Morgan fingerprint density at radius 2 is 1.96 bits per heavy atom. The monoisotopic (exact) mass is 322 g/mol. The number of nitrogens with one attached hydrogen (secondary N) is 3. The quantitative estimate of drug-likeness (QED) is 0.574. The number of aryl methyl sites for hydroxylation is 1. The molecule has 0 atom stereocenters. The van der Waals surface area contributed by atoms with Crippen LogP contribution in [0.15, 0.2) is 10.6 Å². The highest BCUT2D eigenvalue weighted by Gasteiger charge is 2.11. The summed E-state index contributed by atoms with van der Waals surface area (Å²) >= 11 is 0. The van der Waals surface area contributed by atoms with Gasteiger partial charge in [-0.1, -0.05) is 24.4 Å². The number of hydrogen-bond acceptors (Lipinski definition) is 5. The zero-order chi connectivity index (χ0) is 16.3. The molecule has 6 heteroatoms. The minimum Gasteiger partial charge on any atom is -0.361 e. The van der Waals surface area contributed by atoms with E-state index < -0.39 is 0 Å². The Balaban J connectivity index is 1.38. The van der Waals surface area contributed by atoms with Crippen molar-refractivity contribution in [1.82, 2.24) is 21.1 Å². The molecule has 1 aliphatic carbocycles. The zero-order valence-electron chi connectivity index (χ0n) is 14.2. The van der Waals surface area contributed by atoms with Crippen molar-refractivity contribution >= 4 is 5.91 Å². The molecule has 1 heterocycles. The second-order valence-corrected chi connectivity index (χ2v) is 6.32. The maximum atomic E-state index is 11.7. The second kappa shape index (κ2) is 10.4. The predicted molar refractivity (Wildman–Crippen MR) is 90.6 cm³/mol. The second-order valence-electron chi connectivity index (χ2n) is 6.32. The Hall–Kier alpha value is -1.40. The van der Waals surface area contributed by atoms with Crippen LogP contribution in [0.5, 0.6) is 0 Å². The van der Waals surface area contributed by atoms with Crippen molar-refractivity contribution in [1.29, 1.82) is 0 Å². The van der Waals surface area contributed by atoms with Crippen molar-refractivity contribution in [2.45, 2.75) is 57.9 Å². The summed E-state index contributed by atoms with van der Waals surface area (Å²) in [5.74, 6) is 0.493. The molecule has 23 heavy (non-hydrogen) atoms. The number of rotatable bonds is 10. The lowest BCUT2D eigenvalue weighted by atomic mass is 9.95. The van der Waals surface area contributed by atoms with Gasteiger partial charge in [0.15, 0.2) is 5.69 Å². The Morgan fingerprint density at radius 3 is 2.70 bits per heavy atom. The Bertz CT molecular complexity index is 455. The summed E-state index contributed by atoms with van der Waals surface area (Å²) in [7, 11) is 0. The average molecular weight is 322 g/mol. The summed E-state index contributed by atoms with van der Waals surface area (Å²) in [6.45, 7) is 5.50. The summed E-state index contributed by atoms with van der Waals surface area (Å²) in [5.41, 5.74) is 0.356. The lowest BCUT2D eigenvalue weighted by Crippen LogP contribution is -2.36. The lowest BCUT2D eigenvalue weighted by Gasteiger charge is -2.22. The summed E-state index contributed by atoms with van der Waals surface area (Å²) in [4.78, 5) is 11.7. The van der Waals surface area contributed by atoms with Crippen LogP contribution in [-0.4, -0.2) is 43.3 Å². The average Bonchev–Trinajstić information content (AvgIpc) is 3.00. The molecule has 3 N–H and O–H groups in total. The molecule has 6 nitrogen and oxygen atoms in total. The Labute approximate surface area is 138 Å². The molecule has 0 bridgehead atoms. The van der Waals surface area contributed by atoms with E-state index in [-0.39, 0.29) is 5.91 Å². The highest BCUT2D eigenvalue weighted by Crippen LogP contribution is 2.16. The summed E-state index contributed by atoms with van der Waals surface area (Å²) in [6.07, 6.45) is 8.86. The fourth-order valence-electron chi connectivity index (χ4n) is 2.94. The van der Waals surface area contributed by atoms with Crippen LogP contribution in [-0.2, 0) is 0 Å². The fourth-order valence-corrected chi connectivity index (χ4v) is 2.94. The molecule has 1 amide bonds. The SMILES string of the molecule is Cc1cc(C(=O)NCCCCNCCNC2CCCCC2)no1. The molecule has 1 fully saturated rings. The van der Waals surface area contributed by atoms with Crippen LogP contribution >= 0.6 is 0 Å². The van der Waals surface area contributed by atoms with E-state index in [9.17, 15) is 4.79 Å². The molecule has 0 aromatic carbocycles. The maximum Gasteiger partial charge on any atom is 0.273 e. The number of carbonyl (C=O) groups is 1. The van der Waals surface area contributed by atoms with Gasteiger partial charge in [-0.05, 0) is 39.2 Å². The van der Waals surface area contributed by atoms with Gasteiger partial charge in [-0.15, -0.1) is 0 Å². The molecule has 0 unspecified atom stereocenters. The predicted octanol–water partition coefficient (Wildman–Crippen LogP) is 2.00. The van der Waals surface area contributed by atoms with Crippen LogP contribution in [0.25, 0.3) is 0 Å². The normalized spacial score (nSPS) is 15.7. The van der Waals surface area contributed by atoms with Gasteiger partial charge in [0.05, 0.1) is 0 Å². The van der Waals surface area contributed by atoms with Crippen LogP contribution in [0.2, 0.25) is 0 Å². The van der Waals surface area contributed by atoms with Crippen LogP contribution in [0, 0.1) is 6.92 Å². The summed E-state index contributed by atoms with van der Waals surface area (Å²) < 4.78 is 4.88. The van der Waals surface area contributed by atoms with Gasteiger partial charge in [0.2, 0.25) is 0 Å². The van der Waals surface area contributed by atoms with Gasteiger partial charge in [-0.3, -0.25) is 4.79 Å². The highest BCUT2D eigenvalue weighted by atomic mass is 16.5. The third-order valence-electron chi connectivity index (χ3n) is 4.27. The van der Waals surface area contributed by atoms with Gasteiger partial charge in [0, 0.05) is 31.7 Å².